The van der Waals surface area contributed by atoms with Crippen molar-refractivity contribution < 1.29 is 19.1 Å². The summed E-state index contributed by atoms with van der Waals surface area (Å²) in [5.74, 6) is 0.743. The standard InChI is InChI=1S/C22H21N3O4/c1-28-18-7-9-19(10-8-18)29-14-13-24-21(26)16-11-12-23-20(15-16)22(27)25-17-5-3-2-4-6-17/h2-12,15H,13-14H2,1H3,(H,24,26)(H,25,27). The van der Waals surface area contributed by atoms with Crippen molar-refractivity contribution in [2.24, 2.45) is 0 Å². The summed E-state index contributed by atoms with van der Waals surface area (Å²) in [6.45, 7) is 0.628. The second kappa shape index (κ2) is 9.89. The van der Waals surface area contributed by atoms with Crippen molar-refractivity contribution in [1.29, 1.82) is 0 Å². The Balaban J connectivity index is 1.50. The fourth-order valence-electron chi connectivity index (χ4n) is 2.52. The zero-order valence-corrected chi connectivity index (χ0v) is 15.9. The molecule has 2 amide bonds. The highest BCUT2D eigenvalue weighted by molar-refractivity contribution is 6.04. The van der Waals surface area contributed by atoms with Gasteiger partial charge in [0.1, 0.15) is 23.8 Å². The predicted molar refractivity (Wildman–Crippen MR) is 109 cm³/mol. The number of carbonyl (C=O) groups is 2. The summed E-state index contributed by atoms with van der Waals surface area (Å²) in [6.07, 6.45) is 1.43. The third-order valence-electron chi connectivity index (χ3n) is 4.00. The Morgan fingerprint density at radius 1 is 0.931 bits per heavy atom. The van der Waals surface area contributed by atoms with Crippen LogP contribution in [0.2, 0.25) is 0 Å². The van der Waals surface area contributed by atoms with E-state index in [1.807, 2.05) is 18.2 Å². The van der Waals surface area contributed by atoms with Gasteiger partial charge in [-0.15, -0.1) is 0 Å². The summed E-state index contributed by atoms with van der Waals surface area (Å²) in [4.78, 5) is 28.7. The van der Waals surface area contributed by atoms with E-state index >= 15 is 0 Å². The third-order valence-corrected chi connectivity index (χ3v) is 4.00. The number of ether oxygens (including phenoxy) is 2. The zero-order chi connectivity index (χ0) is 20.5. The van der Waals surface area contributed by atoms with Crippen molar-refractivity contribution in [3.63, 3.8) is 0 Å². The lowest BCUT2D eigenvalue weighted by Gasteiger charge is -2.09. The maximum atomic E-state index is 12.3. The summed E-state index contributed by atoms with van der Waals surface area (Å²) < 4.78 is 10.7. The molecule has 3 aromatic rings. The molecule has 2 N–H and O–H groups in total. The molecule has 0 radical (unpaired) electrons. The van der Waals surface area contributed by atoms with Crippen molar-refractivity contribution in [3.8, 4) is 11.5 Å². The number of para-hydroxylation sites is 1. The van der Waals surface area contributed by atoms with Gasteiger partial charge in [0, 0.05) is 17.4 Å². The summed E-state index contributed by atoms with van der Waals surface area (Å²) in [5, 5.41) is 5.50. The molecule has 0 aliphatic heterocycles. The average Bonchev–Trinajstić information content (AvgIpc) is 2.77. The molecule has 0 spiro atoms. The Bertz CT molecular complexity index is 959. The molecule has 0 fully saturated rings. The van der Waals surface area contributed by atoms with Crippen LogP contribution in [0.15, 0.2) is 72.9 Å². The minimum Gasteiger partial charge on any atom is -0.497 e. The van der Waals surface area contributed by atoms with Gasteiger partial charge in [0.05, 0.1) is 13.7 Å². The number of rotatable bonds is 8. The SMILES string of the molecule is COc1ccc(OCCNC(=O)c2ccnc(C(=O)Nc3ccccc3)c2)cc1. The molecule has 1 aromatic heterocycles. The first-order chi connectivity index (χ1) is 14.2. The third kappa shape index (κ3) is 5.80. The number of hydrogen-bond donors (Lipinski definition) is 2. The van der Waals surface area contributed by atoms with Gasteiger partial charge in [-0.3, -0.25) is 14.6 Å². The van der Waals surface area contributed by atoms with Crippen LogP contribution in [0.1, 0.15) is 20.8 Å². The fraction of sp³-hybridized carbons (Fsp3) is 0.136. The summed E-state index contributed by atoms with van der Waals surface area (Å²) >= 11 is 0. The first-order valence-corrected chi connectivity index (χ1v) is 9.03. The highest BCUT2D eigenvalue weighted by Crippen LogP contribution is 2.16. The van der Waals surface area contributed by atoms with Gasteiger partial charge in [0.2, 0.25) is 0 Å². The molecule has 0 unspecified atom stereocenters. The molecule has 0 saturated carbocycles. The minimum atomic E-state index is -0.381. The number of nitrogens with one attached hydrogen (secondary N) is 2. The van der Waals surface area contributed by atoms with Gasteiger partial charge in [0.15, 0.2) is 0 Å². The van der Waals surface area contributed by atoms with Crippen LogP contribution in [0.4, 0.5) is 5.69 Å². The molecule has 3 rings (SSSR count). The number of pyridine rings is 1. The Morgan fingerprint density at radius 2 is 1.66 bits per heavy atom. The normalized spacial score (nSPS) is 10.1. The van der Waals surface area contributed by atoms with Crippen LogP contribution in [0, 0.1) is 0 Å². The molecule has 148 valence electrons. The van der Waals surface area contributed by atoms with E-state index in [1.165, 1.54) is 12.3 Å². The lowest BCUT2D eigenvalue weighted by molar-refractivity contribution is 0.0947. The van der Waals surface area contributed by atoms with Gasteiger partial charge in [-0.25, -0.2) is 0 Å². The number of amides is 2. The van der Waals surface area contributed by atoms with E-state index in [0.717, 1.165) is 5.75 Å². The first kappa shape index (κ1) is 19.9. The first-order valence-electron chi connectivity index (χ1n) is 9.03. The Morgan fingerprint density at radius 3 is 2.38 bits per heavy atom. The van der Waals surface area contributed by atoms with E-state index in [1.54, 1.807) is 49.6 Å². The van der Waals surface area contributed by atoms with Crippen LogP contribution in [-0.4, -0.2) is 37.1 Å². The van der Waals surface area contributed by atoms with Crippen molar-refractivity contribution in [3.05, 3.63) is 84.2 Å². The molecule has 0 bridgehead atoms. The Labute approximate surface area is 168 Å². The summed E-state index contributed by atoms with van der Waals surface area (Å²) in [7, 11) is 1.60. The van der Waals surface area contributed by atoms with E-state index in [-0.39, 0.29) is 17.5 Å². The van der Waals surface area contributed by atoms with Gasteiger partial charge >= 0.3 is 0 Å². The van der Waals surface area contributed by atoms with Gasteiger partial charge < -0.3 is 20.1 Å². The number of methoxy groups -OCH3 is 1. The molecule has 1 heterocycles. The van der Waals surface area contributed by atoms with Crippen molar-refractivity contribution >= 4 is 17.5 Å². The van der Waals surface area contributed by atoms with E-state index < -0.39 is 0 Å². The predicted octanol–water partition coefficient (Wildman–Crippen LogP) is 3.15. The van der Waals surface area contributed by atoms with Gasteiger partial charge in [-0.1, -0.05) is 18.2 Å². The monoisotopic (exact) mass is 391 g/mol. The van der Waals surface area contributed by atoms with Crippen LogP contribution in [0.25, 0.3) is 0 Å². The molecular formula is C22H21N3O4. The minimum absolute atomic E-state index is 0.163. The summed E-state index contributed by atoms with van der Waals surface area (Å²) in [5.41, 5.74) is 1.17. The van der Waals surface area contributed by atoms with Crippen LogP contribution >= 0.6 is 0 Å². The van der Waals surface area contributed by atoms with Crippen LogP contribution < -0.4 is 20.1 Å². The number of hydrogen-bond acceptors (Lipinski definition) is 5. The lowest BCUT2D eigenvalue weighted by atomic mass is 10.2. The smallest absolute Gasteiger partial charge is 0.274 e. The molecule has 29 heavy (non-hydrogen) atoms. The van der Waals surface area contributed by atoms with Crippen LogP contribution in [0.5, 0.6) is 11.5 Å². The highest BCUT2D eigenvalue weighted by atomic mass is 16.5. The molecule has 0 aliphatic rings. The van der Waals surface area contributed by atoms with Crippen LogP contribution in [0.3, 0.4) is 0 Å². The van der Waals surface area contributed by atoms with Crippen molar-refractivity contribution in [2.45, 2.75) is 0 Å². The largest absolute Gasteiger partial charge is 0.497 e. The van der Waals surface area contributed by atoms with Gasteiger partial charge in [0.25, 0.3) is 11.8 Å². The van der Waals surface area contributed by atoms with E-state index in [2.05, 4.69) is 15.6 Å². The molecule has 0 atom stereocenters. The van der Waals surface area contributed by atoms with Crippen molar-refractivity contribution in [2.75, 3.05) is 25.6 Å². The second-order valence-corrected chi connectivity index (χ2v) is 6.03. The number of aromatic nitrogens is 1. The quantitative estimate of drug-likeness (QED) is 0.576. The number of carbonyl (C=O) groups excluding carboxylic acids is 2. The number of benzene rings is 2. The number of nitrogens with zero attached hydrogens (tertiary/aromatic N) is 1. The van der Waals surface area contributed by atoms with E-state index in [4.69, 9.17) is 9.47 Å². The van der Waals surface area contributed by atoms with E-state index in [9.17, 15) is 9.59 Å². The van der Waals surface area contributed by atoms with Gasteiger partial charge in [-0.2, -0.15) is 0 Å². The van der Waals surface area contributed by atoms with Crippen molar-refractivity contribution in [1.82, 2.24) is 10.3 Å². The molecular weight excluding hydrogens is 370 g/mol. The molecule has 7 nitrogen and oxygen atoms in total. The topological polar surface area (TPSA) is 89.6 Å². The Kier molecular flexibility index (Phi) is 6.78. The lowest BCUT2D eigenvalue weighted by Crippen LogP contribution is -2.28. The molecule has 7 heteroatoms. The highest BCUT2D eigenvalue weighted by Gasteiger charge is 2.12. The maximum absolute atomic E-state index is 12.3. The second-order valence-electron chi connectivity index (χ2n) is 6.03. The van der Waals surface area contributed by atoms with Crippen LogP contribution in [-0.2, 0) is 0 Å². The Hall–Kier alpha value is -3.87. The average molecular weight is 391 g/mol. The maximum Gasteiger partial charge on any atom is 0.274 e. The van der Waals surface area contributed by atoms with E-state index in [0.29, 0.717) is 30.2 Å². The molecule has 2 aromatic carbocycles. The zero-order valence-electron chi connectivity index (χ0n) is 15.9. The number of anilines is 1. The summed E-state index contributed by atoms with van der Waals surface area (Å²) in [6, 6.07) is 19.2. The molecule has 0 aliphatic carbocycles. The fourth-order valence-corrected chi connectivity index (χ4v) is 2.52. The molecule has 0 saturated heterocycles. The van der Waals surface area contributed by atoms with Gasteiger partial charge in [-0.05, 0) is 48.5 Å².